The summed E-state index contributed by atoms with van der Waals surface area (Å²) < 4.78 is 40.1. The smallest absolute Gasteiger partial charge is 0.195 e. The highest BCUT2D eigenvalue weighted by molar-refractivity contribution is 6.07. The molecule has 0 fully saturated rings. The Morgan fingerprint density at radius 1 is 0.722 bits per heavy atom. The van der Waals surface area contributed by atoms with Gasteiger partial charge in [0.1, 0.15) is 0 Å². The summed E-state index contributed by atoms with van der Waals surface area (Å²) in [5.41, 5.74) is 1.06. The van der Waals surface area contributed by atoms with E-state index in [2.05, 4.69) is 0 Å². The van der Waals surface area contributed by atoms with Crippen LogP contribution in [-0.4, -0.2) is 0 Å². The molecule has 90 valence electrons. The number of aryl methyl sites for hydroxylation is 1. The largest absolute Gasteiger partial charge is 0.204 e. The highest BCUT2D eigenvalue weighted by Gasteiger charge is 2.14. The van der Waals surface area contributed by atoms with E-state index in [9.17, 15) is 13.2 Å². The second-order valence-corrected chi connectivity index (χ2v) is 4.37. The van der Waals surface area contributed by atoms with Gasteiger partial charge in [-0.1, -0.05) is 35.9 Å². The summed E-state index contributed by atoms with van der Waals surface area (Å²) in [4.78, 5) is 0. The molecule has 0 atom stereocenters. The van der Waals surface area contributed by atoms with Gasteiger partial charge in [-0.05, 0) is 29.1 Å². The minimum atomic E-state index is -1.42. The Morgan fingerprint density at radius 2 is 1.44 bits per heavy atom. The second-order valence-electron chi connectivity index (χ2n) is 4.37. The molecular weight excluding hydrogens is 237 g/mol. The van der Waals surface area contributed by atoms with Crippen molar-refractivity contribution in [3.05, 3.63) is 59.4 Å². The molecule has 0 aliphatic rings. The normalized spacial score (nSPS) is 11.3. The molecule has 3 aromatic carbocycles. The quantitative estimate of drug-likeness (QED) is 0.397. The molecule has 0 bridgehead atoms. The maximum Gasteiger partial charge on any atom is 0.195 e. The molecule has 18 heavy (non-hydrogen) atoms. The molecule has 3 aromatic rings. The van der Waals surface area contributed by atoms with Crippen molar-refractivity contribution >= 4 is 21.5 Å². The number of benzene rings is 3. The van der Waals surface area contributed by atoms with Crippen LogP contribution in [0.2, 0.25) is 0 Å². The predicted octanol–water partition coefficient (Wildman–Crippen LogP) is 4.72. The summed E-state index contributed by atoms with van der Waals surface area (Å²) in [6.45, 7) is 1.94. The molecule has 0 amide bonds. The van der Waals surface area contributed by atoms with Crippen molar-refractivity contribution < 1.29 is 13.2 Å². The number of halogens is 3. The molecule has 0 aliphatic carbocycles. The van der Waals surface area contributed by atoms with E-state index in [4.69, 9.17) is 0 Å². The maximum atomic E-state index is 13.7. The predicted molar refractivity (Wildman–Crippen MR) is 66.1 cm³/mol. The van der Waals surface area contributed by atoms with Crippen LogP contribution in [0.25, 0.3) is 21.5 Å². The van der Waals surface area contributed by atoms with E-state index in [0.29, 0.717) is 5.39 Å². The minimum Gasteiger partial charge on any atom is -0.204 e. The Bertz CT molecular complexity index is 776. The van der Waals surface area contributed by atoms with Crippen molar-refractivity contribution in [1.29, 1.82) is 0 Å². The fraction of sp³-hybridized carbons (Fsp3) is 0.0667. The van der Waals surface area contributed by atoms with Gasteiger partial charge in [0.15, 0.2) is 17.5 Å². The number of hydrogen-bond donors (Lipinski definition) is 0. The molecule has 0 saturated carbocycles. The highest BCUT2D eigenvalue weighted by atomic mass is 19.2. The van der Waals surface area contributed by atoms with Gasteiger partial charge in [0.2, 0.25) is 0 Å². The van der Waals surface area contributed by atoms with Crippen molar-refractivity contribution in [2.24, 2.45) is 0 Å². The third-order valence-corrected chi connectivity index (χ3v) is 3.13. The topological polar surface area (TPSA) is 0 Å². The van der Waals surface area contributed by atoms with Crippen molar-refractivity contribution in [2.75, 3.05) is 0 Å². The third-order valence-electron chi connectivity index (χ3n) is 3.13. The lowest BCUT2D eigenvalue weighted by molar-refractivity contribution is 0.453. The molecule has 0 nitrogen and oxygen atoms in total. The number of fused-ring (bicyclic) bond motifs is 3. The lowest BCUT2D eigenvalue weighted by Crippen LogP contribution is -1.92. The summed E-state index contributed by atoms with van der Waals surface area (Å²) in [5, 5.41) is 2.10. The molecule has 0 unspecified atom stereocenters. The monoisotopic (exact) mass is 246 g/mol. The SMILES string of the molecule is Cc1ccc2c(ccc3c(F)c(F)c(F)cc32)c1. The lowest BCUT2D eigenvalue weighted by Gasteiger charge is -2.07. The standard InChI is InChI=1S/C15H9F3/c1-8-2-4-10-9(6-8)3-5-11-12(10)7-13(16)15(18)14(11)17/h2-7H,1H3. The Kier molecular flexibility index (Phi) is 2.30. The molecule has 0 radical (unpaired) electrons. The van der Waals surface area contributed by atoms with Gasteiger partial charge in [-0.15, -0.1) is 0 Å². The molecule has 0 aromatic heterocycles. The molecule has 3 heteroatoms. The van der Waals surface area contributed by atoms with Crippen molar-refractivity contribution in [3.8, 4) is 0 Å². The van der Waals surface area contributed by atoms with Crippen molar-refractivity contribution in [2.45, 2.75) is 6.92 Å². The molecular formula is C15H9F3. The molecule has 0 aliphatic heterocycles. The molecule has 0 spiro atoms. The van der Waals surface area contributed by atoms with Gasteiger partial charge in [0.05, 0.1) is 0 Å². The summed E-state index contributed by atoms with van der Waals surface area (Å²) in [7, 11) is 0. The summed E-state index contributed by atoms with van der Waals surface area (Å²) in [6.07, 6.45) is 0. The van der Waals surface area contributed by atoms with Crippen LogP contribution in [-0.2, 0) is 0 Å². The van der Waals surface area contributed by atoms with E-state index in [0.717, 1.165) is 22.4 Å². The number of rotatable bonds is 0. The second kappa shape index (κ2) is 3.73. The fourth-order valence-corrected chi connectivity index (χ4v) is 2.23. The average molecular weight is 246 g/mol. The highest BCUT2D eigenvalue weighted by Crippen LogP contribution is 2.30. The zero-order valence-electron chi connectivity index (χ0n) is 9.60. The summed E-state index contributed by atoms with van der Waals surface area (Å²) >= 11 is 0. The van der Waals surface area contributed by atoms with Crippen LogP contribution >= 0.6 is 0 Å². The summed E-state index contributed by atoms with van der Waals surface area (Å²) in [6, 6.07) is 9.82. The molecule has 0 N–H and O–H groups in total. The lowest BCUT2D eigenvalue weighted by atomic mass is 10.00. The van der Waals surface area contributed by atoms with E-state index >= 15 is 0 Å². The van der Waals surface area contributed by atoms with E-state index in [1.54, 1.807) is 12.1 Å². The molecule has 3 rings (SSSR count). The van der Waals surface area contributed by atoms with Crippen LogP contribution in [0.5, 0.6) is 0 Å². The van der Waals surface area contributed by atoms with Crippen molar-refractivity contribution in [1.82, 2.24) is 0 Å². The minimum absolute atomic E-state index is 0.102. The Labute approximate surface area is 102 Å². The van der Waals surface area contributed by atoms with Gasteiger partial charge in [0, 0.05) is 5.39 Å². The van der Waals surface area contributed by atoms with Crippen LogP contribution < -0.4 is 0 Å². The Balaban J connectivity index is 2.55. The van der Waals surface area contributed by atoms with E-state index in [1.165, 1.54) is 6.07 Å². The summed E-state index contributed by atoms with van der Waals surface area (Å²) in [5.74, 6) is -3.71. The first-order valence-corrected chi connectivity index (χ1v) is 5.54. The first-order chi connectivity index (χ1) is 8.58. The fourth-order valence-electron chi connectivity index (χ4n) is 2.23. The van der Waals surface area contributed by atoms with Gasteiger partial charge in [-0.2, -0.15) is 0 Å². The Morgan fingerprint density at radius 3 is 2.22 bits per heavy atom. The van der Waals surface area contributed by atoms with E-state index < -0.39 is 17.5 Å². The van der Waals surface area contributed by atoms with Gasteiger partial charge < -0.3 is 0 Å². The van der Waals surface area contributed by atoms with Crippen LogP contribution in [0, 0.1) is 24.4 Å². The van der Waals surface area contributed by atoms with Crippen LogP contribution in [0.15, 0.2) is 36.4 Å². The van der Waals surface area contributed by atoms with E-state index in [1.807, 2.05) is 19.1 Å². The van der Waals surface area contributed by atoms with Gasteiger partial charge in [-0.25, -0.2) is 13.2 Å². The maximum absolute atomic E-state index is 13.7. The zero-order valence-corrected chi connectivity index (χ0v) is 9.60. The number of hydrogen-bond acceptors (Lipinski definition) is 0. The van der Waals surface area contributed by atoms with Gasteiger partial charge >= 0.3 is 0 Å². The van der Waals surface area contributed by atoms with Gasteiger partial charge in [-0.3, -0.25) is 0 Å². The average Bonchev–Trinajstić information content (AvgIpc) is 2.35. The van der Waals surface area contributed by atoms with Crippen LogP contribution in [0.4, 0.5) is 13.2 Å². The van der Waals surface area contributed by atoms with E-state index in [-0.39, 0.29) is 5.39 Å². The molecule has 0 saturated heterocycles. The van der Waals surface area contributed by atoms with Crippen molar-refractivity contribution in [3.63, 3.8) is 0 Å². The van der Waals surface area contributed by atoms with Crippen LogP contribution in [0.3, 0.4) is 0 Å². The first-order valence-electron chi connectivity index (χ1n) is 5.54. The van der Waals surface area contributed by atoms with Gasteiger partial charge in [0.25, 0.3) is 0 Å². The third kappa shape index (κ3) is 1.47. The Hall–Kier alpha value is -2.03. The van der Waals surface area contributed by atoms with Crippen LogP contribution in [0.1, 0.15) is 5.56 Å². The zero-order chi connectivity index (χ0) is 12.9. The first kappa shape index (κ1) is 11.1. The molecule has 0 heterocycles.